The quantitative estimate of drug-likeness (QED) is 0.344. The summed E-state index contributed by atoms with van der Waals surface area (Å²) in [6.07, 6.45) is 3.10. The molecule has 3 heterocycles. The molecule has 13 heteroatoms. The molecule has 1 atom stereocenters. The molecule has 2 aromatic carbocycles. The molecule has 4 aromatic rings. The average Bonchev–Trinajstić information content (AvgIpc) is 3.24. The van der Waals surface area contributed by atoms with Crippen molar-refractivity contribution in [3.05, 3.63) is 73.1 Å². The Morgan fingerprint density at radius 1 is 0.838 bits per heavy atom. The standard InChI is InChI=1S/C24H24N4O6S3/c29-35(30)16-11-20(17-35)28(37(33,34)22-10-2-6-19-8-4-13-26-24(19)22)15-14-27-36(31,32)21-9-1-5-18-7-3-12-25-23(18)21/h1-10,12-13,20,27H,11,14-17H2/t20-/m0/s1. The Morgan fingerprint density at radius 3 is 2.00 bits per heavy atom. The fourth-order valence-corrected chi connectivity index (χ4v) is 9.42. The molecule has 1 N–H and O–H groups in total. The molecule has 10 nitrogen and oxygen atoms in total. The number of nitrogens with zero attached hydrogens (tertiary/aromatic N) is 3. The van der Waals surface area contributed by atoms with Crippen LogP contribution in [0.2, 0.25) is 0 Å². The van der Waals surface area contributed by atoms with E-state index in [0.29, 0.717) is 16.3 Å². The third kappa shape index (κ3) is 5.09. The predicted molar refractivity (Wildman–Crippen MR) is 140 cm³/mol. The number of aromatic nitrogens is 2. The number of rotatable bonds is 8. The molecule has 1 aliphatic heterocycles. The lowest BCUT2D eigenvalue weighted by Gasteiger charge is -2.27. The minimum atomic E-state index is -4.22. The van der Waals surface area contributed by atoms with Gasteiger partial charge in [0.1, 0.15) is 9.79 Å². The first kappa shape index (κ1) is 25.7. The number of sulfone groups is 1. The van der Waals surface area contributed by atoms with Gasteiger partial charge in [-0.3, -0.25) is 9.97 Å². The molecule has 0 saturated carbocycles. The van der Waals surface area contributed by atoms with Gasteiger partial charge in [-0.1, -0.05) is 36.4 Å². The Hall–Kier alpha value is -2.97. The second-order valence-electron chi connectivity index (χ2n) is 8.73. The van der Waals surface area contributed by atoms with Crippen molar-refractivity contribution >= 4 is 51.7 Å². The maximum Gasteiger partial charge on any atom is 0.245 e. The predicted octanol–water partition coefficient (Wildman–Crippen LogP) is 1.94. The summed E-state index contributed by atoms with van der Waals surface area (Å²) in [7, 11) is -11.7. The second kappa shape index (κ2) is 9.72. The minimum Gasteiger partial charge on any atom is -0.255 e. The minimum absolute atomic E-state index is 0.0262. The number of para-hydroxylation sites is 2. The molecular weight excluding hydrogens is 536 g/mol. The topological polar surface area (TPSA) is 143 Å². The maximum atomic E-state index is 13.8. The molecule has 5 rings (SSSR count). The van der Waals surface area contributed by atoms with Gasteiger partial charge in [0.15, 0.2) is 9.84 Å². The van der Waals surface area contributed by atoms with Gasteiger partial charge in [0.25, 0.3) is 0 Å². The van der Waals surface area contributed by atoms with Gasteiger partial charge < -0.3 is 0 Å². The van der Waals surface area contributed by atoms with Crippen molar-refractivity contribution in [2.75, 3.05) is 24.6 Å². The van der Waals surface area contributed by atoms with E-state index < -0.39 is 35.9 Å². The number of hydrogen-bond acceptors (Lipinski definition) is 8. The zero-order chi connectivity index (χ0) is 26.3. The lowest BCUT2D eigenvalue weighted by atomic mass is 10.2. The highest BCUT2D eigenvalue weighted by Gasteiger charge is 2.39. The van der Waals surface area contributed by atoms with Crippen LogP contribution in [-0.2, 0) is 29.9 Å². The van der Waals surface area contributed by atoms with E-state index in [4.69, 9.17) is 0 Å². The summed E-state index contributed by atoms with van der Waals surface area (Å²) in [6, 6.07) is 15.6. The molecule has 2 aromatic heterocycles. The van der Waals surface area contributed by atoms with Gasteiger partial charge in [0.05, 0.1) is 22.5 Å². The van der Waals surface area contributed by atoms with Crippen molar-refractivity contribution in [2.24, 2.45) is 0 Å². The normalized spacial score (nSPS) is 18.0. The van der Waals surface area contributed by atoms with Crippen molar-refractivity contribution < 1.29 is 25.3 Å². The van der Waals surface area contributed by atoms with Crippen molar-refractivity contribution in [1.29, 1.82) is 0 Å². The SMILES string of the molecule is O=S1(=O)CC[C@H](N(CCNS(=O)(=O)c2cccc3cccnc23)S(=O)(=O)c2cccc3cccnc23)C1. The van der Waals surface area contributed by atoms with Crippen LogP contribution >= 0.6 is 0 Å². The Balaban J connectivity index is 1.46. The molecule has 1 saturated heterocycles. The summed E-state index contributed by atoms with van der Waals surface area (Å²) in [5.74, 6) is -0.463. The summed E-state index contributed by atoms with van der Waals surface area (Å²) in [5.41, 5.74) is 0.559. The van der Waals surface area contributed by atoms with Gasteiger partial charge in [-0.15, -0.1) is 0 Å². The van der Waals surface area contributed by atoms with E-state index in [1.54, 1.807) is 48.5 Å². The highest BCUT2D eigenvalue weighted by atomic mass is 32.2. The van der Waals surface area contributed by atoms with Crippen molar-refractivity contribution in [3.8, 4) is 0 Å². The van der Waals surface area contributed by atoms with Crippen LogP contribution in [0.5, 0.6) is 0 Å². The van der Waals surface area contributed by atoms with Crippen LogP contribution in [0.4, 0.5) is 0 Å². The number of sulfonamides is 2. The van der Waals surface area contributed by atoms with Crippen LogP contribution in [0.15, 0.2) is 82.8 Å². The van der Waals surface area contributed by atoms with E-state index in [1.165, 1.54) is 24.5 Å². The van der Waals surface area contributed by atoms with E-state index >= 15 is 0 Å². The van der Waals surface area contributed by atoms with Crippen LogP contribution in [0, 0.1) is 0 Å². The molecule has 0 amide bonds. The van der Waals surface area contributed by atoms with Crippen LogP contribution in [-0.4, -0.2) is 70.2 Å². The summed E-state index contributed by atoms with van der Waals surface area (Å²) in [6.45, 7) is -0.525. The summed E-state index contributed by atoms with van der Waals surface area (Å²) < 4.78 is 81.9. The molecule has 194 valence electrons. The third-order valence-electron chi connectivity index (χ3n) is 6.31. The molecule has 0 spiro atoms. The molecule has 0 bridgehead atoms. The molecule has 0 unspecified atom stereocenters. The van der Waals surface area contributed by atoms with Gasteiger partial charge in [0, 0.05) is 42.3 Å². The first-order valence-corrected chi connectivity index (χ1v) is 16.2. The highest BCUT2D eigenvalue weighted by Crippen LogP contribution is 2.29. The Kier molecular flexibility index (Phi) is 6.75. The summed E-state index contributed by atoms with van der Waals surface area (Å²) >= 11 is 0. The largest absolute Gasteiger partial charge is 0.255 e. The van der Waals surface area contributed by atoms with Crippen molar-refractivity contribution in [3.63, 3.8) is 0 Å². The van der Waals surface area contributed by atoms with Gasteiger partial charge in [-0.05, 0) is 30.7 Å². The van der Waals surface area contributed by atoms with Gasteiger partial charge in [0.2, 0.25) is 20.0 Å². The molecule has 0 aliphatic carbocycles. The number of pyridine rings is 2. The molecule has 1 aliphatic rings. The zero-order valence-corrected chi connectivity index (χ0v) is 22.0. The second-order valence-corrected chi connectivity index (χ2v) is 14.6. The van der Waals surface area contributed by atoms with Gasteiger partial charge >= 0.3 is 0 Å². The van der Waals surface area contributed by atoms with Gasteiger partial charge in [-0.2, -0.15) is 4.31 Å². The van der Waals surface area contributed by atoms with Crippen LogP contribution in [0.3, 0.4) is 0 Å². The van der Waals surface area contributed by atoms with E-state index in [-0.39, 0.29) is 46.3 Å². The molecule has 0 radical (unpaired) electrons. The first-order valence-electron chi connectivity index (χ1n) is 11.5. The van der Waals surface area contributed by atoms with Crippen LogP contribution in [0.1, 0.15) is 6.42 Å². The summed E-state index contributed by atoms with van der Waals surface area (Å²) in [5, 5.41) is 1.26. The number of fused-ring (bicyclic) bond motifs is 2. The molecule has 1 fully saturated rings. The maximum absolute atomic E-state index is 13.8. The average molecular weight is 561 g/mol. The number of nitrogens with one attached hydrogen (secondary N) is 1. The molecule has 37 heavy (non-hydrogen) atoms. The van der Waals surface area contributed by atoms with E-state index in [2.05, 4.69) is 14.7 Å². The zero-order valence-electron chi connectivity index (χ0n) is 19.6. The highest BCUT2D eigenvalue weighted by molar-refractivity contribution is 7.92. The lowest BCUT2D eigenvalue weighted by molar-refractivity contribution is 0.344. The fourth-order valence-electron chi connectivity index (χ4n) is 4.57. The summed E-state index contributed by atoms with van der Waals surface area (Å²) in [4.78, 5) is 8.32. The first-order chi connectivity index (χ1) is 17.6. The van der Waals surface area contributed by atoms with Crippen molar-refractivity contribution in [2.45, 2.75) is 22.3 Å². The lowest BCUT2D eigenvalue weighted by Crippen LogP contribution is -2.45. The smallest absolute Gasteiger partial charge is 0.245 e. The van der Waals surface area contributed by atoms with E-state index in [9.17, 15) is 25.3 Å². The molecular formula is C24H24N4O6S3. The van der Waals surface area contributed by atoms with Crippen LogP contribution < -0.4 is 4.72 Å². The van der Waals surface area contributed by atoms with Gasteiger partial charge in [-0.25, -0.2) is 30.0 Å². The Labute approximate surface area is 215 Å². The monoisotopic (exact) mass is 560 g/mol. The fraction of sp³-hybridized carbons (Fsp3) is 0.250. The number of benzene rings is 2. The van der Waals surface area contributed by atoms with Crippen LogP contribution in [0.25, 0.3) is 21.8 Å². The number of hydrogen-bond donors (Lipinski definition) is 1. The Bertz CT molecular complexity index is 1800. The third-order valence-corrected chi connectivity index (χ3v) is 11.5. The van der Waals surface area contributed by atoms with Crippen molar-refractivity contribution in [1.82, 2.24) is 19.0 Å². The van der Waals surface area contributed by atoms with E-state index in [0.717, 1.165) is 4.31 Å². The van der Waals surface area contributed by atoms with E-state index in [1.807, 2.05) is 0 Å². The Morgan fingerprint density at radius 2 is 1.41 bits per heavy atom.